The number of rotatable bonds is 2. The van der Waals surface area contributed by atoms with Crippen molar-refractivity contribution < 1.29 is 4.79 Å². The Morgan fingerprint density at radius 1 is 1.39 bits per heavy atom. The van der Waals surface area contributed by atoms with Crippen LogP contribution in [-0.4, -0.2) is 21.9 Å². The van der Waals surface area contributed by atoms with E-state index in [0.29, 0.717) is 23.2 Å². The van der Waals surface area contributed by atoms with Crippen LogP contribution in [0.15, 0.2) is 6.07 Å². The zero-order valence-corrected chi connectivity index (χ0v) is 11.7. The van der Waals surface area contributed by atoms with Crippen LogP contribution in [0.25, 0.3) is 0 Å². The molecule has 1 N–H and O–H groups in total. The van der Waals surface area contributed by atoms with Gasteiger partial charge in [0, 0.05) is 11.7 Å². The molecule has 1 aliphatic rings. The molecule has 0 aliphatic heterocycles. The quantitative estimate of drug-likeness (QED) is 0.838. The van der Waals surface area contributed by atoms with Crippen molar-refractivity contribution in [2.45, 2.75) is 39.7 Å². The van der Waals surface area contributed by atoms with E-state index in [-0.39, 0.29) is 17.2 Å². The van der Waals surface area contributed by atoms with Crippen LogP contribution in [-0.2, 0) is 0 Å². The van der Waals surface area contributed by atoms with E-state index in [2.05, 4.69) is 29.1 Å². The summed E-state index contributed by atoms with van der Waals surface area (Å²) < 4.78 is 0. The molecule has 98 valence electrons. The summed E-state index contributed by atoms with van der Waals surface area (Å²) >= 11 is 5.76. The summed E-state index contributed by atoms with van der Waals surface area (Å²) in [7, 11) is 0. The fourth-order valence-corrected chi connectivity index (χ4v) is 2.68. The number of amides is 1. The summed E-state index contributed by atoms with van der Waals surface area (Å²) in [6.45, 7) is 6.20. The molecule has 1 amide bonds. The largest absolute Gasteiger partial charge is 0.348 e. The second kappa shape index (κ2) is 5.22. The smallest absolute Gasteiger partial charge is 0.270 e. The molecule has 1 aromatic rings. The molecule has 0 spiro atoms. The van der Waals surface area contributed by atoms with Crippen LogP contribution in [0.3, 0.4) is 0 Å². The Balaban J connectivity index is 2.08. The fraction of sp³-hybridized carbons (Fsp3) is 0.615. The number of halogens is 1. The minimum absolute atomic E-state index is 0.119. The van der Waals surface area contributed by atoms with Crippen molar-refractivity contribution in [2.24, 2.45) is 11.8 Å². The molecule has 0 radical (unpaired) electrons. The van der Waals surface area contributed by atoms with Crippen molar-refractivity contribution >= 4 is 17.5 Å². The Bertz CT molecular complexity index is 443. The fourth-order valence-electron chi connectivity index (χ4n) is 2.46. The van der Waals surface area contributed by atoms with Crippen LogP contribution in [0.4, 0.5) is 0 Å². The maximum atomic E-state index is 12.1. The van der Waals surface area contributed by atoms with Gasteiger partial charge in [-0.1, -0.05) is 13.8 Å². The summed E-state index contributed by atoms with van der Waals surface area (Å²) in [5, 5.41) is 3.16. The highest BCUT2D eigenvalue weighted by molar-refractivity contribution is 6.28. The minimum Gasteiger partial charge on any atom is -0.348 e. The van der Waals surface area contributed by atoms with Crippen molar-refractivity contribution in [1.82, 2.24) is 15.3 Å². The Kier molecular flexibility index (Phi) is 3.85. The number of carbonyl (C=O) groups is 1. The van der Waals surface area contributed by atoms with Crippen LogP contribution >= 0.6 is 11.6 Å². The summed E-state index contributed by atoms with van der Waals surface area (Å²) in [4.78, 5) is 20.0. The van der Waals surface area contributed by atoms with Crippen LogP contribution in [0.1, 0.15) is 42.9 Å². The number of nitrogens with one attached hydrogen (secondary N) is 1. The third kappa shape index (κ3) is 2.80. The van der Waals surface area contributed by atoms with Gasteiger partial charge in [-0.2, -0.15) is 0 Å². The van der Waals surface area contributed by atoms with E-state index >= 15 is 0 Å². The van der Waals surface area contributed by atoms with Crippen molar-refractivity contribution in [3.63, 3.8) is 0 Å². The Morgan fingerprint density at radius 3 is 2.67 bits per heavy atom. The van der Waals surface area contributed by atoms with E-state index in [9.17, 15) is 4.79 Å². The molecule has 1 saturated carbocycles. The Morgan fingerprint density at radius 2 is 2.11 bits per heavy atom. The van der Waals surface area contributed by atoms with Gasteiger partial charge in [-0.15, -0.1) is 0 Å². The molecule has 3 unspecified atom stereocenters. The highest BCUT2D eigenvalue weighted by Crippen LogP contribution is 2.31. The van der Waals surface area contributed by atoms with Gasteiger partial charge >= 0.3 is 0 Å². The zero-order valence-electron chi connectivity index (χ0n) is 10.9. The SMILES string of the molecule is Cc1cc(C(=O)NC2CCC(C)C2C)nc(Cl)n1. The average molecular weight is 268 g/mol. The van der Waals surface area contributed by atoms with E-state index < -0.39 is 0 Å². The number of nitrogens with zero attached hydrogens (tertiary/aromatic N) is 2. The summed E-state index contributed by atoms with van der Waals surface area (Å²) in [6.07, 6.45) is 2.20. The van der Waals surface area contributed by atoms with E-state index in [0.717, 1.165) is 12.8 Å². The topological polar surface area (TPSA) is 54.9 Å². The molecule has 0 bridgehead atoms. The zero-order chi connectivity index (χ0) is 13.3. The number of hydrogen-bond donors (Lipinski definition) is 1. The first-order valence-electron chi connectivity index (χ1n) is 6.29. The van der Waals surface area contributed by atoms with Gasteiger partial charge < -0.3 is 5.32 Å². The van der Waals surface area contributed by atoms with E-state index in [1.165, 1.54) is 0 Å². The standard InChI is InChI=1S/C13H18ClN3O/c1-7-4-5-10(9(7)3)16-12(18)11-6-8(2)15-13(14)17-11/h6-7,9-10H,4-5H2,1-3H3,(H,16,18). The molecule has 1 aliphatic carbocycles. The molecular weight excluding hydrogens is 250 g/mol. The number of carbonyl (C=O) groups excluding carboxylic acids is 1. The lowest BCUT2D eigenvalue weighted by Crippen LogP contribution is -2.37. The summed E-state index contributed by atoms with van der Waals surface area (Å²) in [5.41, 5.74) is 1.05. The summed E-state index contributed by atoms with van der Waals surface area (Å²) in [5.74, 6) is 1.01. The first kappa shape index (κ1) is 13.3. The Hall–Kier alpha value is -1.16. The monoisotopic (exact) mass is 267 g/mol. The molecule has 4 nitrogen and oxygen atoms in total. The van der Waals surface area contributed by atoms with Gasteiger partial charge in [0.1, 0.15) is 5.69 Å². The lowest BCUT2D eigenvalue weighted by molar-refractivity contribution is 0.0922. The van der Waals surface area contributed by atoms with E-state index in [1.54, 1.807) is 13.0 Å². The molecule has 2 rings (SSSR count). The van der Waals surface area contributed by atoms with Crippen molar-refractivity contribution in [2.75, 3.05) is 0 Å². The molecule has 5 heteroatoms. The van der Waals surface area contributed by atoms with Gasteiger partial charge in [-0.05, 0) is 49.3 Å². The lowest BCUT2D eigenvalue weighted by Gasteiger charge is -2.19. The molecule has 0 aromatic carbocycles. The van der Waals surface area contributed by atoms with Crippen molar-refractivity contribution in [3.8, 4) is 0 Å². The van der Waals surface area contributed by atoms with Crippen molar-refractivity contribution in [1.29, 1.82) is 0 Å². The molecule has 3 atom stereocenters. The molecule has 1 aromatic heterocycles. The van der Waals surface area contributed by atoms with Gasteiger partial charge in [0.2, 0.25) is 5.28 Å². The average Bonchev–Trinajstić information content (AvgIpc) is 2.59. The number of aromatic nitrogens is 2. The van der Waals surface area contributed by atoms with Crippen LogP contribution in [0, 0.1) is 18.8 Å². The third-order valence-corrected chi connectivity index (χ3v) is 4.01. The van der Waals surface area contributed by atoms with Gasteiger partial charge in [0.15, 0.2) is 0 Å². The highest BCUT2D eigenvalue weighted by atomic mass is 35.5. The van der Waals surface area contributed by atoms with Crippen LogP contribution in [0.5, 0.6) is 0 Å². The maximum absolute atomic E-state index is 12.1. The minimum atomic E-state index is -0.159. The second-order valence-corrected chi connectivity index (χ2v) is 5.50. The summed E-state index contributed by atoms with van der Waals surface area (Å²) in [6, 6.07) is 1.89. The van der Waals surface area contributed by atoms with Gasteiger partial charge in [0.25, 0.3) is 5.91 Å². The van der Waals surface area contributed by atoms with Crippen molar-refractivity contribution in [3.05, 3.63) is 22.7 Å². The first-order valence-corrected chi connectivity index (χ1v) is 6.67. The van der Waals surface area contributed by atoms with Crippen LogP contribution in [0.2, 0.25) is 5.28 Å². The number of aryl methyl sites for hydroxylation is 1. The Labute approximate surface area is 112 Å². The normalized spacial score (nSPS) is 27.2. The molecular formula is C13H18ClN3O. The van der Waals surface area contributed by atoms with Gasteiger partial charge in [-0.3, -0.25) is 4.79 Å². The lowest BCUT2D eigenvalue weighted by atomic mass is 9.98. The van der Waals surface area contributed by atoms with Gasteiger partial charge in [0.05, 0.1) is 0 Å². The van der Waals surface area contributed by atoms with Crippen LogP contribution < -0.4 is 5.32 Å². The van der Waals surface area contributed by atoms with E-state index in [1.807, 2.05) is 0 Å². The highest BCUT2D eigenvalue weighted by Gasteiger charge is 2.31. The third-order valence-electron chi connectivity index (χ3n) is 3.84. The first-order chi connectivity index (χ1) is 8.47. The predicted octanol–water partition coefficient (Wildman–Crippen LogP) is 2.60. The molecule has 18 heavy (non-hydrogen) atoms. The molecule has 1 fully saturated rings. The second-order valence-electron chi connectivity index (χ2n) is 5.16. The number of hydrogen-bond acceptors (Lipinski definition) is 3. The molecule has 1 heterocycles. The van der Waals surface area contributed by atoms with E-state index in [4.69, 9.17) is 11.6 Å². The molecule has 0 saturated heterocycles. The van der Waals surface area contributed by atoms with Gasteiger partial charge in [-0.25, -0.2) is 9.97 Å². The predicted molar refractivity (Wildman–Crippen MR) is 70.6 cm³/mol. The maximum Gasteiger partial charge on any atom is 0.270 e.